The van der Waals surface area contributed by atoms with E-state index in [1.54, 1.807) is 24.3 Å². The maximum atomic E-state index is 14.5. The lowest BCUT2D eigenvalue weighted by molar-refractivity contribution is -0.123. The van der Waals surface area contributed by atoms with E-state index in [4.69, 9.17) is 25.7 Å². The van der Waals surface area contributed by atoms with E-state index in [-0.39, 0.29) is 28.2 Å². The van der Waals surface area contributed by atoms with Gasteiger partial charge in [0.1, 0.15) is 10.9 Å². The fourth-order valence-corrected chi connectivity index (χ4v) is 6.10. The van der Waals surface area contributed by atoms with Crippen LogP contribution in [0.5, 0.6) is 17.2 Å². The van der Waals surface area contributed by atoms with Gasteiger partial charge in [-0.25, -0.2) is 0 Å². The number of hydrogen-bond acceptors (Lipinski definition) is 9. The van der Waals surface area contributed by atoms with Gasteiger partial charge in [-0.3, -0.25) is 19.3 Å². The van der Waals surface area contributed by atoms with E-state index >= 15 is 0 Å². The molecular formula is C30H37N5O6S. The topological polar surface area (TPSA) is 159 Å². The van der Waals surface area contributed by atoms with E-state index in [0.29, 0.717) is 34.9 Å². The second kappa shape index (κ2) is 13.6. The molecule has 12 heteroatoms. The lowest BCUT2D eigenvalue weighted by atomic mass is 9.94. The number of anilines is 2. The molecule has 1 fully saturated rings. The van der Waals surface area contributed by atoms with Crippen LogP contribution in [0.15, 0.2) is 36.4 Å². The lowest BCUT2D eigenvalue weighted by Gasteiger charge is -2.34. The molecule has 1 aliphatic carbocycles. The Morgan fingerprint density at radius 2 is 1.69 bits per heavy atom. The van der Waals surface area contributed by atoms with Crippen LogP contribution < -0.4 is 35.9 Å². The smallest absolute Gasteiger partial charge is 0.273 e. The van der Waals surface area contributed by atoms with E-state index in [1.807, 2.05) is 19.1 Å². The van der Waals surface area contributed by atoms with Gasteiger partial charge in [-0.15, -0.1) is 0 Å². The molecule has 224 valence electrons. The number of nitrogens with two attached hydrogens (primary N) is 2. The molecule has 1 saturated carbocycles. The van der Waals surface area contributed by atoms with Gasteiger partial charge in [0.2, 0.25) is 11.7 Å². The third kappa shape index (κ3) is 6.13. The van der Waals surface area contributed by atoms with Crippen LogP contribution in [0.3, 0.4) is 0 Å². The highest BCUT2D eigenvalue weighted by molar-refractivity contribution is 7.09. The van der Waals surface area contributed by atoms with Crippen molar-refractivity contribution in [1.82, 2.24) is 9.69 Å². The zero-order chi connectivity index (χ0) is 30.4. The molecule has 1 aliphatic rings. The van der Waals surface area contributed by atoms with Crippen molar-refractivity contribution in [3.05, 3.63) is 58.1 Å². The number of carbonyl (C=O) groups excluding carboxylic acids is 3. The Kier molecular flexibility index (Phi) is 9.89. The number of nitrogens with one attached hydrogen (secondary N) is 1. The van der Waals surface area contributed by atoms with Gasteiger partial charge in [-0.2, -0.15) is 4.37 Å². The van der Waals surface area contributed by atoms with Crippen molar-refractivity contribution in [3.63, 3.8) is 0 Å². The van der Waals surface area contributed by atoms with Crippen LogP contribution >= 0.6 is 11.5 Å². The summed E-state index contributed by atoms with van der Waals surface area (Å²) < 4.78 is 20.8. The van der Waals surface area contributed by atoms with Crippen molar-refractivity contribution in [2.24, 2.45) is 5.73 Å². The molecule has 3 amide bonds. The Labute approximate surface area is 249 Å². The van der Waals surface area contributed by atoms with Crippen LogP contribution in [0.25, 0.3) is 0 Å². The van der Waals surface area contributed by atoms with Crippen LogP contribution in [0, 0.1) is 0 Å². The summed E-state index contributed by atoms with van der Waals surface area (Å²) in [6.07, 6.45) is 5.40. The Balaban J connectivity index is 1.97. The van der Waals surface area contributed by atoms with E-state index in [0.717, 1.165) is 49.2 Å². The Morgan fingerprint density at radius 1 is 1.05 bits per heavy atom. The van der Waals surface area contributed by atoms with E-state index in [2.05, 4.69) is 9.69 Å². The second-order valence-electron chi connectivity index (χ2n) is 10.0. The first-order valence-corrected chi connectivity index (χ1v) is 14.6. The van der Waals surface area contributed by atoms with Crippen LogP contribution in [-0.4, -0.2) is 49.5 Å². The molecule has 0 saturated heterocycles. The zero-order valence-corrected chi connectivity index (χ0v) is 25.1. The third-order valence-electron chi connectivity index (χ3n) is 7.47. The van der Waals surface area contributed by atoms with Crippen molar-refractivity contribution in [2.75, 3.05) is 32.0 Å². The number of ether oxygens (including phenoxy) is 3. The number of para-hydroxylation sites is 1. The first-order valence-electron chi connectivity index (χ1n) is 13.8. The average molecular weight is 596 g/mol. The number of nitrogen functional groups attached to an aromatic ring is 1. The highest BCUT2D eigenvalue weighted by Gasteiger charge is 2.38. The quantitative estimate of drug-likeness (QED) is 0.297. The molecule has 4 rings (SSSR count). The molecule has 1 heterocycles. The molecule has 2 aromatic carbocycles. The highest BCUT2D eigenvalue weighted by atomic mass is 32.1. The Bertz CT molecular complexity index is 1430. The number of hydrogen-bond donors (Lipinski definition) is 3. The minimum absolute atomic E-state index is 0.00221. The van der Waals surface area contributed by atoms with E-state index < -0.39 is 17.9 Å². The van der Waals surface area contributed by atoms with Crippen molar-refractivity contribution >= 4 is 40.6 Å². The fraction of sp³-hybridized carbons (Fsp3) is 0.400. The maximum Gasteiger partial charge on any atom is 0.273 e. The molecule has 1 unspecified atom stereocenters. The predicted octanol–water partition coefficient (Wildman–Crippen LogP) is 4.25. The molecular weight excluding hydrogens is 558 g/mol. The van der Waals surface area contributed by atoms with Crippen molar-refractivity contribution < 1.29 is 28.6 Å². The first kappa shape index (κ1) is 30.6. The van der Waals surface area contributed by atoms with Gasteiger partial charge in [0, 0.05) is 11.7 Å². The highest BCUT2D eigenvalue weighted by Crippen LogP contribution is 2.43. The Hall–Kier alpha value is -4.32. The van der Waals surface area contributed by atoms with E-state index in [1.165, 1.54) is 26.2 Å². The molecule has 0 spiro atoms. The van der Waals surface area contributed by atoms with Gasteiger partial charge in [-0.05, 0) is 60.1 Å². The number of rotatable bonds is 11. The van der Waals surface area contributed by atoms with Crippen molar-refractivity contribution in [1.29, 1.82) is 0 Å². The number of primary amides is 1. The molecule has 1 aromatic heterocycles. The van der Waals surface area contributed by atoms with Crippen LogP contribution in [-0.2, 0) is 11.2 Å². The standard InChI is InChI=1S/C30H37N5O6S/c1-5-17-11-9-10-14-20(17)35(30(38)27-23(31)24(28(32)36)34-42-27)25(29(37)33-19-12-7-6-8-13-19)18-15-21(39-2)26(41-4)22(16-18)40-3/h9-11,14-16,19,25H,5-8,12-13,31H2,1-4H3,(H2,32,36)(H,33,37). The summed E-state index contributed by atoms with van der Waals surface area (Å²) in [7, 11) is 4.46. The van der Waals surface area contributed by atoms with Gasteiger partial charge in [-0.1, -0.05) is 44.4 Å². The largest absolute Gasteiger partial charge is 0.493 e. The average Bonchev–Trinajstić information content (AvgIpc) is 3.40. The number of amides is 3. The van der Waals surface area contributed by atoms with Crippen molar-refractivity contribution in [3.8, 4) is 17.2 Å². The van der Waals surface area contributed by atoms with Gasteiger partial charge >= 0.3 is 0 Å². The van der Waals surface area contributed by atoms with Gasteiger partial charge in [0.25, 0.3) is 11.8 Å². The minimum Gasteiger partial charge on any atom is -0.493 e. The number of benzene rings is 2. The van der Waals surface area contributed by atoms with Crippen LogP contribution in [0.4, 0.5) is 11.4 Å². The summed E-state index contributed by atoms with van der Waals surface area (Å²) in [4.78, 5) is 42.2. The second-order valence-corrected chi connectivity index (χ2v) is 10.8. The third-order valence-corrected chi connectivity index (χ3v) is 8.32. The summed E-state index contributed by atoms with van der Waals surface area (Å²) in [6.45, 7) is 1.96. The van der Waals surface area contributed by atoms with Gasteiger partial charge < -0.3 is 31.0 Å². The Morgan fingerprint density at radius 3 is 2.24 bits per heavy atom. The molecule has 11 nitrogen and oxygen atoms in total. The minimum atomic E-state index is -1.18. The molecule has 3 aromatic rings. The summed E-state index contributed by atoms with van der Waals surface area (Å²) >= 11 is 0.762. The molecule has 5 N–H and O–H groups in total. The van der Waals surface area contributed by atoms with Crippen LogP contribution in [0.1, 0.15) is 76.4 Å². The summed E-state index contributed by atoms with van der Waals surface area (Å²) in [6, 6.07) is 9.44. The molecule has 42 heavy (non-hydrogen) atoms. The van der Waals surface area contributed by atoms with Gasteiger partial charge in [0.05, 0.1) is 27.0 Å². The van der Waals surface area contributed by atoms with Crippen LogP contribution in [0.2, 0.25) is 0 Å². The van der Waals surface area contributed by atoms with Crippen molar-refractivity contribution in [2.45, 2.75) is 57.5 Å². The van der Waals surface area contributed by atoms with Gasteiger partial charge in [0.15, 0.2) is 17.2 Å². The number of aryl methyl sites for hydroxylation is 1. The number of nitrogens with zero attached hydrogens (tertiary/aromatic N) is 2. The summed E-state index contributed by atoms with van der Waals surface area (Å²) in [5.74, 6) is -0.831. The number of methoxy groups -OCH3 is 3. The maximum absolute atomic E-state index is 14.5. The molecule has 0 radical (unpaired) electrons. The summed E-state index contributed by atoms with van der Waals surface area (Å²) in [5.41, 5.74) is 13.1. The van der Waals surface area contributed by atoms with E-state index in [9.17, 15) is 14.4 Å². The predicted molar refractivity (Wildman–Crippen MR) is 162 cm³/mol. The summed E-state index contributed by atoms with van der Waals surface area (Å²) in [5, 5.41) is 3.19. The molecule has 0 bridgehead atoms. The number of carbonyl (C=O) groups is 3. The fourth-order valence-electron chi connectivity index (χ4n) is 5.35. The lowest BCUT2D eigenvalue weighted by Crippen LogP contribution is -2.47. The normalized spacial score (nSPS) is 14.1. The monoisotopic (exact) mass is 595 g/mol. The zero-order valence-electron chi connectivity index (χ0n) is 24.3. The number of aromatic nitrogens is 1. The SMILES string of the molecule is CCc1ccccc1N(C(=O)c1snc(C(N)=O)c1N)C(C(=O)NC1CCCCC1)c1cc(OC)c(OC)c(OC)c1. The first-order chi connectivity index (χ1) is 20.2. The molecule has 0 aliphatic heterocycles. The molecule has 1 atom stereocenters.